The molecule has 1 aromatic carbocycles. The molecule has 6 heteroatoms. The zero-order valence-electron chi connectivity index (χ0n) is 14.5. The molecular weight excluding hydrogens is 316 g/mol. The molecule has 0 aliphatic carbocycles. The van der Waals surface area contributed by atoms with Gasteiger partial charge in [0.1, 0.15) is 5.82 Å². The van der Waals surface area contributed by atoms with E-state index in [2.05, 4.69) is 27.4 Å². The number of pyridine rings is 1. The SMILES string of the molecule is CC[C@@H](COC)Nc1ccc(-c2nc(Cc3ccccc3)no2)cn1. The van der Waals surface area contributed by atoms with Crippen molar-refractivity contribution in [2.24, 2.45) is 0 Å². The third-order valence-electron chi connectivity index (χ3n) is 3.90. The van der Waals surface area contributed by atoms with Gasteiger partial charge >= 0.3 is 0 Å². The molecular formula is C19H22N4O2. The Kier molecular flexibility index (Phi) is 5.74. The van der Waals surface area contributed by atoms with Crippen LogP contribution in [-0.4, -0.2) is 34.9 Å². The zero-order chi connectivity index (χ0) is 17.5. The first-order chi connectivity index (χ1) is 12.3. The number of methoxy groups -OCH3 is 1. The molecule has 0 spiro atoms. The number of nitrogens with zero attached hydrogens (tertiary/aromatic N) is 3. The summed E-state index contributed by atoms with van der Waals surface area (Å²) in [5, 5.41) is 7.39. The molecule has 0 saturated heterocycles. The Morgan fingerprint density at radius 2 is 2.00 bits per heavy atom. The van der Waals surface area contributed by atoms with Crippen molar-refractivity contribution >= 4 is 5.82 Å². The van der Waals surface area contributed by atoms with Gasteiger partial charge < -0.3 is 14.6 Å². The van der Waals surface area contributed by atoms with Gasteiger partial charge in [-0.05, 0) is 24.1 Å². The number of nitrogens with one attached hydrogen (secondary N) is 1. The van der Waals surface area contributed by atoms with E-state index in [4.69, 9.17) is 9.26 Å². The maximum atomic E-state index is 5.36. The molecule has 130 valence electrons. The summed E-state index contributed by atoms with van der Waals surface area (Å²) in [5.41, 5.74) is 1.95. The van der Waals surface area contributed by atoms with Gasteiger partial charge in [0.2, 0.25) is 0 Å². The fraction of sp³-hybridized carbons (Fsp3) is 0.316. The number of rotatable bonds is 8. The summed E-state index contributed by atoms with van der Waals surface area (Å²) < 4.78 is 10.6. The fourth-order valence-electron chi connectivity index (χ4n) is 2.50. The lowest BCUT2D eigenvalue weighted by molar-refractivity contribution is 0.184. The molecule has 0 aliphatic heterocycles. The standard InChI is InChI=1S/C19H22N4O2/c1-3-16(13-24-2)21-17-10-9-15(12-20-17)19-22-18(23-25-19)11-14-7-5-4-6-8-14/h4-10,12,16H,3,11,13H2,1-2H3,(H,20,21)/t16-/m0/s1. The Hall–Kier alpha value is -2.73. The summed E-state index contributed by atoms with van der Waals surface area (Å²) in [6.07, 6.45) is 3.35. The van der Waals surface area contributed by atoms with Crippen LogP contribution in [0.1, 0.15) is 24.7 Å². The highest BCUT2D eigenvalue weighted by atomic mass is 16.5. The topological polar surface area (TPSA) is 73.1 Å². The van der Waals surface area contributed by atoms with E-state index in [-0.39, 0.29) is 6.04 Å². The second-order valence-electron chi connectivity index (χ2n) is 5.82. The molecule has 0 saturated carbocycles. The first-order valence-electron chi connectivity index (χ1n) is 8.37. The maximum Gasteiger partial charge on any atom is 0.259 e. The van der Waals surface area contributed by atoms with E-state index in [1.807, 2.05) is 42.5 Å². The quantitative estimate of drug-likeness (QED) is 0.677. The predicted molar refractivity (Wildman–Crippen MR) is 96.4 cm³/mol. The lowest BCUT2D eigenvalue weighted by Crippen LogP contribution is -2.24. The Bertz CT molecular complexity index is 772. The highest BCUT2D eigenvalue weighted by molar-refractivity contribution is 5.54. The van der Waals surface area contributed by atoms with Crippen LogP contribution in [0.3, 0.4) is 0 Å². The van der Waals surface area contributed by atoms with Crippen molar-refractivity contribution in [2.75, 3.05) is 19.0 Å². The van der Waals surface area contributed by atoms with Gasteiger partial charge in [0.25, 0.3) is 5.89 Å². The molecule has 3 aromatic rings. The van der Waals surface area contributed by atoms with Gasteiger partial charge in [-0.1, -0.05) is 42.4 Å². The number of hydrogen-bond donors (Lipinski definition) is 1. The van der Waals surface area contributed by atoms with Crippen LogP contribution in [0.5, 0.6) is 0 Å². The lowest BCUT2D eigenvalue weighted by atomic mass is 10.1. The van der Waals surface area contributed by atoms with E-state index in [1.165, 1.54) is 0 Å². The molecule has 2 aromatic heterocycles. The molecule has 3 rings (SSSR count). The average Bonchev–Trinajstić information content (AvgIpc) is 3.11. The summed E-state index contributed by atoms with van der Waals surface area (Å²) >= 11 is 0. The van der Waals surface area contributed by atoms with Gasteiger partial charge in [0.05, 0.1) is 18.2 Å². The Labute approximate surface area is 147 Å². The Morgan fingerprint density at radius 1 is 1.16 bits per heavy atom. The Morgan fingerprint density at radius 3 is 2.68 bits per heavy atom. The van der Waals surface area contributed by atoms with E-state index in [0.29, 0.717) is 24.7 Å². The molecule has 0 amide bonds. The molecule has 1 atom stereocenters. The van der Waals surface area contributed by atoms with Crippen molar-refractivity contribution in [3.8, 4) is 11.5 Å². The first kappa shape index (κ1) is 17.1. The average molecular weight is 338 g/mol. The van der Waals surface area contributed by atoms with Crippen molar-refractivity contribution in [3.05, 3.63) is 60.0 Å². The smallest absolute Gasteiger partial charge is 0.259 e. The molecule has 0 aliphatic rings. The minimum atomic E-state index is 0.240. The van der Waals surface area contributed by atoms with Crippen LogP contribution in [0.4, 0.5) is 5.82 Å². The number of benzene rings is 1. The second-order valence-corrected chi connectivity index (χ2v) is 5.82. The van der Waals surface area contributed by atoms with Crippen molar-refractivity contribution in [1.82, 2.24) is 15.1 Å². The van der Waals surface area contributed by atoms with Gasteiger partial charge in [-0.3, -0.25) is 0 Å². The number of anilines is 1. The summed E-state index contributed by atoms with van der Waals surface area (Å²) in [7, 11) is 1.70. The largest absolute Gasteiger partial charge is 0.383 e. The third kappa shape index (κ3) is 4.64. The maximum absolute atomic E-state index is 5.36. The van der Waals surface area contributed by atoms with E-state index in [0.717, 1.165) is 23.4 Å². The van der Waals surface area contributed by atoms with Gasteiger partial charge in [-0.25, -0.2) is 4.98 Å². The third-order valence-corrected chi connectivity index (χ3v) is 3.90. The van der Waals surface area contributed by atoms with Crippen LogP contribution in [0.15, 0.2) is 53.2 Å². The van der Waals surface area contributed by atoms with Crippen LogP contribution < -0.4 is 5.32 Å². The van der Waals surface area contributed by atoms with Crippen LogP contribution >= 0.6 is 0 Å². The summed E-state index contributed by atoms with van der Waals surface area (Å²) in [4.78, 5) is 8.88. The van der Waals surface area contributed by atoms with Crippen LogP contribution in [0.25, 0.3) is 11.5 Å². The van der Waals surface area contributed by atoms with Crippen molar-refractivity contribution < 1.29 is 9.26 Å². The van der Waals surface area contributed by atoms with Crippen LogP contribution in [-0.2, 0) is 11.2 Å². The minimum absolute atomic E-state index is 0.240. The molecule has 0 bridgehead atoms. The predicted octanol–water partition coefficient (Wildman–Crippen LogP) is 3.56. The first-order valence-corrected chi connectivity index (χ1v) is 8.37. The Balaban J connectivity index is 1.66. The summed E-state index contributed by atoms with van der Waals surface area (Å²) in [6.45, 7) is 2.75. The summed E-state index contributed by atoms with van der Waals surface area (Å²) in [5.74, 6) is 1.94. The van der Waals surface area contributed by atoms with Gasteiger partial charge in [0.15, 0.2) is 5.82 Å². The number of hydrogen-bond acceptors (Lipinski definition) is 6. The van der Waals surface area contributed by atoms with Gasteiger partial charge in [-0.15, -0.1) is 0 Å². The van der Waals surface area contributed by atoms with E-state index in [9.17, 15) is 0 Å². The number of ether oxygens (including phenoxy) is 1. The molecule has 0 unspecified atom stereocenters. The van der Waals surface area contributed by atoms with Crippen molar-refractivity contribution in [1.29, 1.82) is 0 Å². The fourth-order valence-corrected chi connectivity index (χ4v) is 2.50. The van der Waals surface area contributed by atoms with E-state index >= 15 is 0 Å². The minimum Gasteiger partial charge on any atom is -0.383 e. The zero-order valence-corrected chi connectivity index (χ0v) is 14.5. The lowest BCUT2D eigenvalue weighted by Gasteiger charge is -2.16. The second kappa shape index (κ2) is 8.39. The molecule has 25 heavy (non-hydrogen) atoms. The van der Waals surface area contributed by atoms with Crippen LogP contribution in [0, 0.1) is 0 Å². The van der Waals surface area contributed by atoms with Gasteiger partial charge in [0, 0.05) is 19.7 Å². The molecule has 0 radical (unpaired) electrons. The van der Waals surface area contributed by atoms with Crippen molar-refractivity contribution in [3.63, 3.8) is 0 Å². The monoisotopic (exact) mass is 338 g/mol. The normalized spacial score (nSPS) is 12.1. The summed E-state index contributed by atoms with van der Waals surface area (Å²) in [6, 6.07) is 14.2. The highest BCUT2D eigenvalue weighted by Crippen LogP contribution is 2.19. The van der Waals surface area contributed by atoms with E-state index in [1.54, 1.807) is 13.3 Å². The number of aromatic nitrogens is 3. The van der Waals surface area contributed by atoms with Crippen LogP contribution in [0.2, 0.25) is 0 Å². The molecule has 2 heterocycles. The van der Waals surface area contributed by atoms with E-state index < -0.39 is 0 Å². The molecule has 1 N–H and O–H groups in total. The van der Waals surface area contributed by atoms with Gasteiger partial charge in [-0.2, -0.15) is 4.98 Å². The molecule has 0 fully saturated rings. The van der Waals surface area contributed by atoms with Crippen molar-refractivity contribution in [2.45, 2.75) is 25.8 Å². The molecule has 6 nitrogen and oxygen atoms in total. The highest BCUT2D eigenvalue weighted by Gasteiger charge is 2.11.